The van der Waals surface area contributed by atoms with Crippen LogP contribution in [0.2, 0.25) is 0 Å². The summed E-state index contributed by atoms with van der Waals surface area (Å²) in [4.78, 5) is 25.3. The maximum absolute atomic E-state index is 12.4. The summed E-state index contributed by atoms with van der Waals surface area (Å²) in [6, 6.07) is 10.6. The van der Waals surface area contributed by atoms with Crippen molar-refractivity contribution in [3.8, 4) is 0 Å². The van der Waals surface area contributed by atoms with Crippen LogP contribution in [0.25, 0.3) is 0 Å². The lowest BCUT2D eigenvalue weighted by atomic mass is 10.1. The molecule has 2 N–H and O–H groups in total. The minimum Gasteiger partial charge on any atom is -0.352 e. The van der Waals surface area contributed by atoms with E-state index in [0.717, 1.165) is 25.8 Å². The van der Waals surface area contributed by atoms with Gasteiger partial charge in [-0.05, 0) is 24.8 Å². The van der Waals surface area contributed by atoms with Crippen LogP contribution >= 0.6 is 0 Å². The van der Waals surface area contributed by atoms with E-state index in [9.17, 15) is 9.59 Å². The second-order valence-electron chi connectivity index (χ2n) is 6.29. The van der Waals surface area contributed by atoms with Crippen molar-refractivity contribution in [1.82, 2.24) is 15.5 Å². The van der Waals surface area contributed by atoms with E-state index < -0.39 is 0 Å². The minimum absolute atomic E-state index is 0.00140. The molecule has 0 unspecified atom stereocenters. The first-order valence-electron chi connectivity index (χ1n) is 8.01. The van der Waals surface area contributed by atoms with Crippen LogP contribution in [-0.2, 0) is 4.79 Å². The Morgan fingerprint density at radius 2 is 1.95 bits per heavy atom. The zero-order valence-electron chi connectivity index (χ0n) is 12.9. The van der Waals surface area contributed by atoms with E-state index in [2.05, 4.69) is 22.8 Å². The van der Waals surface area contributed by atoms with E-state index in [1.165, 1.54) is 12.5 Å². The van der Waals surface area contributed by atoms with Gasteiger partial charge in [-0.3, -0.25) is 4.79 Å². The Balaban J connectivity index is 1.49. The average molecular weight is 301 g/mol. The Bertz CT molecular complexity index is 546. The van der Waals surface area contributed by atoms with Gasteiger partial charge in [0.25, 0.3) is 0 Å². The predicted octanol–water partition coefficient (Wildman–Crippen LogP) is 1.85. The van der Waals surface area contributed by atoms with Crippen molar-refractivity contribution in [2.75, 3.05) is 13.1 Å². The average Bonchev–Trinajstić information content (AvgIpc) is 3.27. The number of carbonyl (C=O) groups excluding carboxylic acids is 2. The highest BCUT2D eigenvalue weighted by Gasteiger charge is 2.40. The van der Waals surface area contributed by atoms with Crippen LogP contribution in [0, 0.1) is 0 Å². The number of hydrogen-bond acceptors (Lipinski definition) is 2. The smallest absolute Gasteiger partial charge is 0.317 e. The van der Waals surface area contributed by atoms with Gasteiger partial charge in [-0.25, -0.2) is 4.79 Å². The van der Waals surface area contributed by atoms with Crippen LogP contribution in [0.4, 0.5) is 4.79 Å². The molecule has 0 radical (unpaired) electrons. The van der Waals surface area contributed by atoms with Crippen molar-refractivity contribution in [3.05, 3.63) is 35.9 Å². The Hall–Kier alpha value is -2.04. The molecule has 1 saturated carbocycles. The molecule has 3 atom stereocenters. The molecular weight excluding hydrogens is 278 g/mol. The van der Waals surface area contributed by atoms with Crippen molar-refractivity contribution in [2.24, 2.45) is 0 Å². The molecular formula is C17H23N3O2. The molecule has 22 heavy (non-hydrogen) atoms. The van der Waals surface area contributed by atoms with Gasteiger partial charge in [0, 0.05) is 38.0 Å². The molecule has 1 aromatic carbocycles. The standard InChI is InChI=1S/C17H23N3O2/c1-12(21)18-14-8-5-9-20(11-14)17(22)19-16-10-15(16)13-6-3-2-4-7-13/h2-4,6-7,14-16H,5,8-11H2,1H3,(H,18,21)(H,19,22)/t14-,15-,16-/m1/s1. The molecule has 2 aliphatic rings. The highest BCUT2D eigenvalue weighted by molar-refractivity contribution is 5.76. The molecule has 1 aliphatic carbocycles. The molecule has 3 rings (SSSR count). The molecule has 1 aromatic rings. The molecule has 0 bridgehead atoms. The lowest BCUT2D eigenvalue weighted by Gasteiger charge is -2.33. The summed E-state index contributed by atoms with van der Waals surface area (Å²) in [7, 11) is 0. The zero-order valence-corrected chi connectivity index (χ0v) is 12.9. The van der Waals surface area contributed by atoms with E-state index in [-0.39, 0.29) is 24.0 Å². The van der Waals surface area contributed by atoms with Gasteiger partial charge in [-0.1, -0.05) is 30.3 Å². The third-order valence-electron chi connectivity index (χ3n) is 4.44. The van der Waals surface area contributed by atoms with Crippen LogP contribution in [0.3, 0.4) is 0 Å². The summed E-state index contributed by atoms with van der Waals surface area (Å²) in [6.45, 7) is 2.90. The fourth-order valence-corrected chi connectivity index (χ4v) is 3.24. The number of nitrogens with zero attached hydrogens (tertiary/aromatic N) is 1. The SMILES string of the molecule is CC(=O)N[C@@H]1CCCN(C(=O)N[C@@H]2C[C@@H]2c2ccccc2)C1. The molecule has 5 nitrogen and oxygen atoms in total. The second kappa shape index (κ2) is 6.38. The number of hydrogen-bond donors (Lipinski definition) is 2. The number of nitrogens with one attached hydrogen (secondary N) is 2. The second-order valence-corrected chi connectivity index (χ2v) is 6.29. The molecule has 2 fully saturated rings. The van der Waals surface area contributed by atoms with Gasteiger partial charge < -0.3 is 15.5 Å². The van der Waals surface area contributed by atoms with Crippen LogP contribution < -0.4 is 10.6 Å². The Kier molecular flexibility index (Phi) is 4.32. The normalized spacial score (nSPS) is 27.1. The first kappa shape index (κ1) is 14.9. The third kappa shape index (κ3) is 3.59. The third-order valence-corrected chi connectivity index (χ3v) is 4.44. The molecule has 1 aliphatic heterocycles. The van der Waals surface area contributed by atoms with E-state index >= 15 is 0 Å². The summed E-state index contributed by atoms with van der Waals surface area (Å²) >= 11 is 0. The molecule has 0 spiro atoms. The fourth-order valence-electron chi connectivity index (χ4n) is 3.24. The summed E-state index contributed by atoms with van der Waals surface area (Å²) in [5.41, 5.74) is 1.29. The van der Waals surface area contributed by atoms with Crippen LogP contribution in [0.15, 0.2) is 30.3 Å². The Morgan fingerprint density at radius 1 is 1.18 bits per heavy atom. The molecule has 5 heteroatoms. The highest BCUT2D eigenvalue weighted by atomic mass is 16.2. The molecule has 1 heterocycles. The number of urea groups is 1. The Labute approximate surface area is 131 Å². The first-order valence-corrected chi connectivity index (χ1v) is 8.01. The molecule has 1 saturated heterocycles. The lowest BCUT2D eigenvalue weighted by Crippen LogP contribution is -2.52. The molecule has 118 valence electrons. The number of benzene rings is 1. The van der Waals surface area contributed by atoms with Crippen LogP contribution in [0.5, 0.6) is 0 Å². The Morgan fingerprint density at radius 3 is 2.68 bits per heavy atom. The fraction of sp³-hybridized carbons (Fsp3) is 0.529. The predicted molar refractivity (Wildman–Crippen MR) is 84.5 cm³/mol. The minimum atomic E-state index is -0.0291. The molecule has 3 amide bonds. The number of piperidine rings is 1. The summed E-state index contributed by atoms with van der Waals surface area (Å²) in [5.74, 6) is 0.416. The topological polar surface area (TPSA) is 61.4 Å². The zero-order chi connectivity index (χ0) is 15.5. The van der Waals surface area contributed by atoms with Crippen molar-refractivity contribution >= 4 is 11.9 Å². The largest absolute Gasteiger partial charge is 0.352 e. The van der Waals surface area contributed by atoms with Gasteiger partial charge in [-0.2, -0.15) is 0 Å². The van der Waals surface area contributed by atoms with E-state index in [0.29, 0.717) is 12.5 Å². The van der Waals surface area contributed by atoms with E-state index in [1.807, 2.05) is 23.1 Å². The maximum Gasteiger partial charge on any atom is 0.317 e. The number of amides is 3. The van der Waals surface area contributed by atoms with Crippen LogP contribution in [-0.4, -0.2) is 42.0 Å². The van der Waals surface area contributed by atoms with Crippen LogP contribution in [0.1, 0.15) is 37.7 Å². The van der Waals surface area contributed by atoms with Gasteiger partial charge in [-0.15, -0.1) is 0 Å². The maximum atomic E-state index is 12.4. The van der Waals surface area contributed by atoms with Crippen molar-refractivity contribution in [1.29, 1.82) is 0 Å². The number of rotatable bonds is 3. The van der Waals surface area contributed by atoms with E-state index in [1.54, 1.807) is 0 Å². The molecule has 0 aromatic heterocycles. The summed E-state index contributed by atoms with van der Waals surface area (Å²) in [6.07, 6.45) is 2.89. The lowest BCUT2D eigenvalue weighted by molar-refractivity contribution is -0.119. The van der Waals surface area contributed by atoms with Gasteiger partial charge >= 0.3 is 6.03 Å². The van der Waals surface area contributed by atoms with Gasteiger partial charge in [0.1, 0.15) is 0 Å². The van der Waals surface area contributed by atoms with E-state index in [4.69, 9.17) is 0 Å². The summed E-state index contributed by atoms with van der Waals surface area (Å²) in [5, 5.41) is 6.03. The number of carbonyl (C=O) groups is 2. The number of likely N-dealkylation sites (tertiary alicyclic amines) is 1. The monoisotopic (exact) mass is 301 g/mol. The van der Waals surface area contributed by atoms with Crippen molar-refractivity contribution < 1.29 is 9.59 Å². The van der Waals surface area contributed by atoms with Gasteiger partial charge in [0.15, 0.2) is 0 Å². The quantitative estimate of drug-likeness (QED) is 0.895. The van der Waals surface area contributed by atoms with Crippen molar-refractivity contribution in [2.45, 2.75) is 44.2 Å². The van der Waals surface area contributed by atoms with Gasteiger partial charge in [0.2, 0.25) is 5.91 Å². The highest BCUT2D eigenvalue weighted by Crippen LogP contribution is 2.40. The first-order chi connectivity index (χ1) is 10.6. The summed E-state index contributed by atoms with van der Waals surface area (Å²) < 4.78 is 0. The van der Waals surface area contributed by atoms with Gasteiger partial charge in [0.05, 0.1) is 0 Å². The van der Waals surface area contributed by atoms with Crippen molar-refractivity contribution in [3.63, 3.8) is 0 Å².